The molecule has 0 unspecified atom stereocenters. The lowest BCUT2D eigenvalue weighted by atomic mass is 10.2. The fourth-order valence-electron chi connectivity index (χ4n) is 2.84. The quantitative estimate of drug-likeness (QED) is 0.757. The first kappa shape index (κ1) is 16.4. The number of ether oxygens (including phenoxy) is 1. The zero-order valence-corrected chi connectivity index (χ0v) is 13.4. The molecule has 3 rings (SSSR count). The summed E-state index contributed by atoms with van der Waals surface area (Å²) in [6.45, 7) is -0.241. The Kier molecular flexibility index (Phi) is 5.38. The molecule has 6 heteroatoms. The van der Waals surface area contributed by atoms with Gasteiger partial charge in [0.05, 0.1) is 19.0 Å². The van der Waals surface area contributed by atoms with Crippen LogP contribution in [0.1, 0.15) is 37.5 Å². The monoisotopic (exact) mass is 330 g/mol. The fraction of sp³-hybridized carbons (Fsp3) is 0.389. The van der Waals surface area contributed by atoms with E-state index in [1.165, 1.54) is 19.1 Å². The van der Waals surface area contributed by atoms with Crippen LogP contribution in [0.4, 0.5) is 10.5 Å². The molecule has 0 saturated heterocycles. The number of furan rings is 1. The Labute approximate surface area is 140 Å². The maximum Gasteiger partial charge on any atom is 0.319 e. The number of carbonyl (C=O) groups excluding carboxylic acids is 1. The van der Waals surface area contributed by atoms with Crippen molar-refractivity contribution in [1.82, 2.24) is 5.32 Å². The Morgan fingerprint density at radius 1 is 1.25 bits per heavy atom. The lowest BCUT2D eigenvalue weighted by Gasteiger charge is -2.15. The molecule has 1 atom stereocenters. The van der Waals surface area contributed by atoms with Crippen LogP contribution < -0.4 is 15.4 Å². The van der Waals surface area contributed by atoms with Crippen LogP contribution in [0.2, 0.25) is 0 Å². The fourth-order valence-corrected chi connectivity index (χ4v) is 2.84. The number of nitrogens with one attached hydrogen (secondary N) is 2. The number of hydrogen-bond acceptors (Lipinski definition) is 4. The Morgan fingerprint density at radius 3 is 2.62 bits per heavy atom. The third-order valence-corrected chi connectivity index (χ3v) is 4.09. The number of carbonyl (C=O) groups is 1. The van der Waals surface area contributed by atoms with Gasteiger partial charge >= 0.3 is 6.03 Å². The van der Waals surface area contributed by atoms with Crippen molar-refractivity contribution in [1.29, 1.82) is 0 Å². The van der Waals surface area contributed by atoms with Crippen molar-refractivity contribution in [3.63, 3.8) is 0 Å². The van der Waals surface area contributed by atoms with Gasteiger partial charge in [-0.05, 0) is 62.1 Å². The van der Waals surface area contributed by atoms with Gasteiger partial charge in [0.15, 0.2) is 0 Å². The summed E-state index contributed by atoms with van der Waals surface area (Å²) < 4.78 is 11.1. The first-order valence-electron chi connectivity index (χ1n) is 8.23. The molecular formula is C18H22N2O4. The molecule has 1 saturated carbocycles. The minimum absolute atomic E-state index is 0.241. The van der Waals surface area contributed by atoms with E-state index in [1.54, 1.807) is 24.3 Å². The molecular weight excluding hydrogens is 308 g/mol. The molecule has 2 aromatic rings. The minimum Gasteiger partial charge on any atom is -0.490 e. The number of rotatable bonds is 6. The molecule has 1 aromatic heterocycles. The Balaban J connectivity index is 1.52. The van der Waals surface area contributed by atoms with Crippen LogP contribution >= 0.6 is 0 Å². The first-order valence-corrected chi connectivity index (χ1v) is 8.23. The summed E-state index contributed by atoms with van der Waals surface area (Å²) in [6.07, 6.45) is 6.49. The summed E-state index contributed by atoms with van der Waals surface area (Å²) >= 11 is 0. The van der Waals surface area contributed by atoms with E-state index in [1.807, 2.05) is 12.1 Å². The molecule has 3 N–H and O–H groups in total. The van der Waals surface area contributed by atoms with E-state index in [0.717, 1.165) is 18.6 Å². The Morgan fingerprint density at radius 2 is 2.00 bits per heavy atom. The third kappa shape index (κ3) is 4.29. The normalized spacial score (nSPS) is 15.9. The molecule has 6 nitrogen and oxygen atoms in total. The smallest absolute Gasteiger partial charge is 0.319 e. The van der Waals surface area contributed by atoms with Gasteiger partial charge in [0.2, 0.25) is 0 Å². The van der Waals surface area contributed by atoms with E-state index in [-0.39, 0.29) is 6.61 Å². The topological polar surface area (TPSA) is 83.7 Å². The molecule has 0 aliphatic heterocycles. The molecule has 0 spiro atoms. The molecule has 24 heavy (non-hydrogen) atoms. The zero-order chi connectivity index (χ0) is 16.8. The van der Waals surface area contributed by atoms with Crippen LogP contribution in [-0.2, 0) is 0 Å². The number of aliphatic hydroxyl groups is 1. The number of aliphatic hydroxyl groups excluding tert-OH is 1. The molecule has 1 aliphatic rings. The average molecular weight is 330 g/mol. The van der Waals surface area contributed by atoms with Gasteiger partial charge in [0, 0.05) is 5.69 Å². The highest BCUT2D eigenvalue weighted by Gasteiger charge is 2.17. The van der Waals surface area contributed by atoms with Crippen LogP contribution in [0.5, 0.6) is 5.75 Å². The van der Waals surface area contributed by atoms with E-state index in [0.29, 0.717) is 17.6 Å². The number of anilines is 1. The summed E-state index contributed by atoms with van der Waals surface area (Å²) in [4.78, 5) is 12.0. The van der Waals surface area contributed by atoms with Gasteiger partial charge in [-0.25, -0.2) is 4.79 Å². The number of amides is 2. The van der Waals surface area contributed by atoms with E-state index in [4.69, 9.17) is 9.15 Å². The maximum atomic E-state index is 12.0. The van der Waals surface area contributed by atoms with Crippen molar-refractivity contribution in [3.8, 4) is 5.75 Å². The second kappa shape index (κ2) is 7.88. The number of benzene rings is 1. The minimum atomic E-state index is -0.579. The van der Waals surface area contributed by atoms with Crippen molar-refractivity contribution in [2.45, 2.75) is 37.8 Å². The van der Waals surface area contributed by atoms with Crippen LogP contribution in [0.15, 0.2) is 47.1 Å². The van der Waals surface area contributed by atoms with Crippen molar-refractivity contribution >= 4 is 11.7 Å². The van der Waals surface area contributed by atoms with E-state index in [9.17, 15) is 9.90 Å². The molecule has 0 bridgehead atoms. The SMILES string of the molecule is O=C(Nc1ccc(OC2CCCC2)cc1)N[C@@H](CO)c1ccco1. The van der Waals surface area contributed by atoms with Gasteiger partial charge in [-0.3, -0.25) is 0 Å². The van der Waals surface area contributed by atoms with E-state index >= 15 is 0 Å². The van der Waals surface area contributed by atoms with Crippen LogP contribution in [0, 0.1) is 0 Å². The first-order chi connectivity index (χ1) is 11.7. The lowest BCUT2D eigenvalue weighted by Crippen LogP contribution is -2.34. The molecule has 1 fully saturated rings. The highest BCUT2D eigenvalue weighted by Crippen LogP contribution is 2.25. The van der Waals surface area contributed by atoms with Crippen molar-refractivity contribution in [2.24, 2.45) is 0 Å². The van der Waals surface area contributed by atoms with Gasteiger partial charge in [0.25, 0.3) is 0 Å². The second-order valence-electron chi connectivity index (χ2n) is 5.90. The molecule has 1 aliphatic carbocycles. The highest BCUT2D eigenvalue weighted by molar-refractivity contribution is 5.89. The summed E-state index contributed by atoms with van der Waals surface area (Å²) in [5.74, 6) is 1.32. The van der Waals surface area contributed by atoms with Crippen LogP contribution in [-0.4, -0.2) is 23.8 Å². The largest absolute Gasteiger partial charge is 0.490 e. The zero-order valence-electron chi connectivity index (χ0n) is 13.4. The van der Waals surface area contributed by atoms with Crippen molar-refractivity contribution in [3.05, 3.63) is 48.4 Å². The van der Waals surface area contributed by atoms with Gasteiger partial charge in [-0.2, -0.15) is 0 Å². The van der Waals surface area contributed by atoms with Gasteiger partial charge in [-0.15, -0.1) is 0 Å². The standard InChI is InChI=1S/C18H22N2O4/c21-12-16(17-6-3-11-23-17)20-18(22)19-13-7-9-15(10-8-13)24-14-4-1-2-5-14/h3,6-11,14,16,21H,1-2,4-5,12H2,(H2,19,20,22)/t16-/m0/s1. The number of urea groups is 1. The van der Waals surface area contributed by atoms with Gasteiger partial charge in [-0.1, -0.05) is 0 Å². The lowest BCUT2D eigenvalue weighted by molar-refractivity contribution is 0.210. The molecule has 1 heterocycles. The van der Waals surface area contributed by atoms with Gasteiger partial charge in [0.1, 0.15) is 17.6 Å². The van der Waals surface area contributed by atoms with E-state index < -0.39 is 12.1 Å². The third-order valence-electron chi connectivity index (χ3n) is 4.09. The Hall–Kier alpha value is -2.47. The average Bonchev–Trinajstić information content (AvgIpc) is 3.28. The molecule has 128 valence electrons. The summed E-state index contributed by atoms with van der Waals surface area (Å²) in [5, 5.41) is 14.8. The predicted molar refractivity (Wildman–Crippen MR) is 90.0 cm³/mol. The second-order valence-corrected chi connectivity index (χ2v) is 5.90. The Bertz CT molecular complexity index is 634. The molecule has 0 radical (unpaired) electrons. The summed E-state index contributed by atoms with van der Waals surface area (Å²) in [6, 6.07) is 9.72. The van der Waals surface area contributed by atoms with Gasteiger partial charge < -0.3 is 24.9 Å². The molecule has 2 amide bonds. The molecule has 1 aromatic carbocycles. The maximum absolute atomic E-state index is 12.0. The van der Waals surface area contributed by atoms with Crippen molar-refractivity contribution in [2.75, 3.05) is 11.9 Å². The van der Waals surface area contributed by atoms with Crippen LogP contribution in [0.3, 0.4) is 0 Å². The number of hydrogen-bond donors (Lipinski definition) is 3. The highest BCUT2D eigenvalue weighted by atomic mass is 16.5. The van der Waals surface area contributed by atoms with Crippen molar-refractivity contribution < 1.29 is 19.1 Å². The summed E-state index contributed by atoms with van der Waals surface area (Å²) in [7, 11) is 0. The van der Waals surface area contributed by atoms with E-state index in [2.05, 4.69) is 10.6 Å². The van der Waals surface area contributed by atoms with Crippen LogP contribution in [0.25, 0.3) is 0 Å². The predicted octanol–water partition coefficient (Wildman–Crippen LogP) is 3.46. The summed E-state index contributed by atoms with van der Waals surface area (Å²) in [5.41, 5.74) is 0.655.